The molecule has 0 radical (unpaired) electrons. The molecule has 0 aliphatic heterocycles. The van der Waals surface area contributed by atoms with Gasteiger partial charge in [-0.3, -0.25) is 25.5 Å². The molecule has 1 aromatic heterocycles. The Morgan fingerprint density at radius 2 is 1.84 bits per heavy atom. The number of hydrogen-bond acceptors (Lipinski definition) is 7. The number of aryl methyl sites for hydroxylation is 1. The van der Waals surface area contributed by atoms with Crippen LogP contribution >= 0.6 is 11.8 Å². The van der Waals surface area contributed by atoms with Crippen LogP contribution in [0.2, 0.25) is 0 Å². The molecule has 0 atom stereocenters. The first-order valence-corrected chi connectivity index (χ1v) is 8.40. The van der Waals surface area contributed by atoms with Crippen LogP contribution in [0.25, 0.3) is 0 Å². The summed E-state index contributed by atoms with van der Waals surface area (Å²) in [5, 5.41) is 7.22. The Morgan fingerprint density at radius 3 is 2.40 bits per heavy atom. The van der Waals surface area contributed by atoms with Crippen molar-refractivity contribution in [1.29, 1.82) is 0 Å². The number of carbonyl (C=O) groups is 2. The number of rotatable bonds is 7. The summed E-state index contributed by atoms with van der Waals surface area (Å²) in [7, 11) is 2.98. The van der Waals surface area contributed by atoms with Gasteiger partial charge in [0, 0.05) is 18.1 Å². The van der Waals surface area contributed by atoms with E-state index in [2.05, 4.69) is 26.0 Å². The van der Waals surface area contributed by atoms with Gasteiger partial charge < -0.3 is 9.47 Å². The number of aromatic nitrogens is 3. The standard InChI is InChI=1S/C15H19N5O4S/c1-4-12-16-15(20-17-12)25-8-13(21)18-19-14(22)9-5-10(23-2)7-11(6-9)24-3/h5-7H,4,8H2,1-3H3,(H,18,21)(H,19,22)(H,16,17,20). The summed E-state index contributed by atoms with van der Waals surface area (Å²) >= 11 is 1.17. The van der Waals surface area contributed by atoms with E-state index in [1.807, 2.05) is 6.92 Å². The summed E-state index contributed by atoms with van der Waals surface area (Å²) in [5.74, 6) is 0.911. The van der Waals surface area contributed by atoms with Crippen molar-refractivity contribution in [2.45, 2.75) is 18.5 Å². The molecular weight excluding hydrogens is 346 g/mol. The van der Waals surface area contributed by atoms with Gasteiger partial charge in [0.15, 0.2) is 0 Å². The first-order chi connectivity index (χ1) is 12.0. The van der Waals surface area contributed by atoms with Crippen LogP contribution in [0.5, 0.6) is 11.5 Å². The third-order valence-corrected chi connectivity index (χ3v) is 3.95. The zero-order valence-electron chi connectivity index (χ0n) is 14.1. The Labute approximate surface area is 148 Å². The number of H-pyrrole nitrogens is 1. The number of aromatic amines is 1. The molecule has 0 saturated heterocycles. The summed E-state index contributed by atoms with van der Waals surface area (Å²) in [5.41, 5.74) is 4.98. The number of ether oxygens (including phenoxy) is 2. The Morgan fingerprint density at radius 1 is 1.16 bits per heavy atom. The number of methoxy groups -OCH3 is 2. The number of carbonyl (C=O) groups excluding carboxylic acids is 2. The monoisotopic (exact) mass is 365 g/mol. The summed E-state index contributed by atoms with van der Waals surface area (Å²) in [4.78, 5) is 28.1. The van der Waals surface area contributed by atoms with E-state index in [0.29, 0.717) is 22.2 Å². The predicted molar refractivity (Wildman–Crippen MR) is 91.6 cm³/mol. The third-order valence-electron chi connectivity index (χ3n) is 3.11. The van der Waals surface area contributed by atoms with Crippen molar-refractivity contribution in [3.05, 3.63) is 29.6 Å². The predicted octanol–water partition coefficient (Wildman–Crippen LogP) is 0.938. The Bertz CT molecular complexity index is 727. The van der Waals surface area contributed by atoms with E-state index in [1.54, 1.807) is 18.2 Å². The number of hydrazine groups is 1. The van der Waals surface area contributed by atoms with Crippen molar-refractivity contribution in [2.24, 2.45) is 0 Å². The molecule has 0 unspecified atom stereocenters. The van der Waals surface area contributed by atoms with Gasteiger partial charge >= 0.3 is 0 Å². The molecule has 25 heavy (non-hydrogen) atoms. The van der Waals surface area contributed by atoms with E-state index in [9.17, 15) is 9.59 Å². The molecule has 9 nitrogen and oxygen atoms in total. The van der Waals surface area contributed by atoms with Crippen LogP contribution in [0.1, 0.15) is 23.1 Å². The molecule has 2 rings (SSSR count). The van der Waals surface area contributed by atoms with E-state index >= 15 is 0 Å². The lowest BCUT2D eigenvalue weighted by molar-refractivity contribution is -0.119. The van der Waals surface area contributed by atoms with E-state index in [1.165, 1.54) is 26.0 Å². The van der Waals surface area contributed by atoms with Crippen LogP contribution < -0.4 is 20.3 Å². The van der Waals surface area contributed by atoms with E-state index in [0.717, 1.165) is 12.2 Å². The fourth-order valence-electron chi connectivity index (χ4n) is 1.80. The van der Waals surface area contributed by atoms with Crippen molar-refractivity contribution < 1.29 is 19.1 Å². The van der Waals surface area contributed by atoms with Gasteiger partial charge in [0.25, 0.3) is 5.91 Å². The highest BCUT2D eigenvalue weighted by Crippen LogP contribution is 2.22. The van der Waals surface area contributed by atoms with Crippen LogP contribution in [-0.2, 0) is 11.2 Å². The van der Waals surface area contributed by atoms with E-state index < -0.39 is 5.91 Å². The lowest BCUT2D eigenvalue weighted by Gasteiger charge is -2.09. The van der Waals surface area contributed by atoms with Crippen LogP contribution in [0.15, 0.2) is 23.4 Å². The van der Waals surface area contributed by atoms with Gasteiger partial charge in [0.05, 0.1) is 20.0 Å². The average molecular weight is 365 g/mol. The van der Waals surface area contributed by atoms with Crippen molar-refractivity contribution >= 4 is 23.6 Å². The van der Waals surface area contributed by atoms with Gasteiger partial charge in [0.2, 0.25) is 11.1 Å². The van der Waals surface area contributed by atoms with Crippen molar-refractivity contribution in [2.75, 3.05) is 20.0 Å². The Hall–Kier alpha value is -2.75. The lowest BCUT2D eigenvalue weighted by Crippen LogP contribution is -2.42. The molecule has 3 N–H and O–H groups in total. The molecule has 134 valence electrons. The highest BCUT2D eigenvalue weighted by Gasteiger charge is 2.12. The molecule has 0 fully saturated rings. The topological polar surface area (TPSA) is 118 Å². The number of nitrogens with one attached hydrogen (secondary N) is 3. The van der Waals surface area contributed by atoms with Gasteiger partial charge in [0.1, 0.15) is 17.3 Å². The largest absolute Gasteiger partial charge is 0.497 e. The second-order valence-electron chi connectivity index (χ2n) is 4.81. The third kappa shape index (κ3) is 5.38. The van der Waals surface area contributed by atoms with Gasteiger partial charge in [-0.2, -0.15) is 0 Å². The number of thioether (sulfide) groups is 1. The Kier molecular flexibility index (Phi) is 6.63. The summed E-state index contributed by atoms with van der Waals surface area (Å²) in [6.45, 7) is 1.95. The SMILES string of the molecule is CCc1nc(SCC(=O)NNC(=O)c2cc(OC)cc(OC)c2)n[nH]1. The number of amides is 2. The molecule has 0 aliphatic rings. The maximum atomic E-state index is 12.1. The van der Waals surface area contributed by atoms with Crippen molar-refractivity contribution in [3.8, 4) is 11.5 Å². The minimum atomic E-state index is -0.485. The maximum Gasteiger partial charge on any atom is 0.269 e. The molecular formula is C15H19N5O4S. The number of nitrogens with zero attached hydrogens (tertiary/aromatic N) is 2. The molecule has 0 spiro atoms. The highest BCUT2D eigenvalue weighted by molar-refractivity contribution is 7.99. The second kappa shape index (κ2) is 8.92. The van der Waals surface area contributed by atoms with Crippen molar-refractivity contribution in [3.63, 3.8) is 0 Å². The van der Waals surface area contributed by atoms with Gasteiger partial charge in [-0.15, -0.1) is 5.10 Å². The summed E-state index contributed by atoms with van der Waals surface area (Å²) in [6, 6.07) is 4.73. The van der Waals surface area contributed by atoms with Crippen LogP contribution in [0.3, 0.4) is 0 Å². The minimum Gasteiger partial charge on any atom is -0.497 e. The first-order valence-electron chi connectivity index (χ1n) is 7.42. The van der Waals surface area contributed by atoms with Gasteiger partial charge in [-0.25, -0.2) is 4.98 Å². The van der Waals surface area contributed by atoms with Crippen LogP contribution in [0, 0.1) is 0 Å². The fraction of sp³-hybridized carbons (Fsp3) is 0.333. The molecule has 2 aromatic rings. The maximum absolute atomic E-state index is 12.1. The van der Waals surface area contributed by atoms with Gasteiger partial charge in [-0.05, 0) is 12.1 Å². The number of benzene rings is 1. The second-order valence-corrected chi connectivity index (χ2v) is 5.75. The fourth-order valence-corrected chi connectivity index (χ4v) is 2.42. The summed E-state index contributed by atoms with van der Waals surface area (Å²) < 4.78 is 10.2. The Balaban J connectivity index is 1.85. The first kappa shape index (κ1) is 18.6. The molecule has 2 amide bonds. The average Bonchev–Trinajstić information content (AvgIpc) is 3.11. The van der Waals surface area contributed by atoms with Gasteiger partial charge in [-0.1, -0.05) is 18.7 Å². The van der Waals surface area contributed by atoms with Crippen molar-refractivity contribution in [1.82, 2.24) is 26.0 Å². The molecule has 1 aromatic carbocycles. The van der Waals surface area contributed by atoms with E-state index in [4.69, 9.17) is 9.47 Å². The van der Waals surface area contributed by atoms with Crippen LogP contribution in [0.4, 0.5) is 0 Å². The molecule has 0 bridgehead atoms. The normalized spacial score (nSPS) is 10.2. The smallest absolute Gasteiger partial charge is 0.269 e. The lowest BCUT2D eigenvalue weighted by atomic mass is 10.2. The zero-order chi connectivity index (χ0) is 18.2. The number of hydrogen-bond donors (Lipinski definition) is 3. The summed E-state index contributed by atoms with van der Waals surface area (Å²) in [6.07, 6.45) is 0.736. The minimum absolute atomic E-state index is 0.0721. The molecule has 10 heteroatoms. The molecule has 0 aliphatic carbocycles. The van der Waals surface area contributed by atoms with Crippen LogP contribution in [-0.4, -0.2) is 47.0 Å². The van der Waals surface area contributed by atoms with E-state index in [-0.39, 0.29) is 11.7 Å². The zero-order valence-corrected chi connectivity index (χ0v) is 14.9. The molecule has 0 saturated carbocycles. The quantitative estimate of drug-likeness (QED) is 0.493. The highest BCUT2D eigenvalue weighted by atomic mass is 32.2. The molecule has 1 heterocycles.